The lowest BCUT2D eigenvalue weighted by atomic mass is 10.2. The molecule has 1 aromatic rings. The number of guanidine groups is 1. The Morgan fingerprint density at radius 3 is 2.54 bits per heavy atom. The summed E-state index contributed by atoms with van der Waals surface area (Å²) in [5.74, 6) is 0.275. The van der Waals surface area contributed by atoms with E-state index in [1.54, 1.807) is 18.2 Å². The predicted molar refractivity (Wildman–Crippen MR) is 109 cm³/mol. The molecule has 3 N–H and O–H groups in total. The Bertz CT molecular complexity index is 579. The third-order valence-electron chi connectivity index (χ3n) is 3.15. The maximum atomic E-state index is 12.2. The Morgan fingerprint density at radius 1 is 1.19 bits per heavy atom. The average Bonchev–Trinajstić information content (AvgIpc) is 2.52. The normalized spacial score (nSPS) is 11.5. The molecule has 9 heteroatoms. The summed E-state index contributed by atoms with van der Waals surface area (Å²) in [6.07, 6.45) is -3.90. The number of nitrogens with one attached hydrogen (secondary N) is 3. The van der Waals surface area contributed by atoms with Gasteiger partial charge in [-0.3, -0.25) is 4.79 Å². The Labute approximate surface area is 169 Å². The van der Waals surface area contributed by atoms with Crippen molar-refractivity contribution in [3.05, 3.63) is 29.8 Å². The molecule has 0 atom stereocenters. The Balaban J connectivity index is 0.00000625. The number of carbonyl (C=O) groups is 1. The molecular formula is C17H26F3IN4O. The number of aliphatic imine (C=N–C) groups is 1. The summed E-state index contributed by atoms with van der Waals surface area (Å²) < 4.78 is 36.6. The van der Waals surface area contributed by atoms with Gasteiger partial charge in [0.25, 0.3) is 0 Å². The van der Waals surface area contributed by atoms with Crippen molar-refractivity contribution in [2.75, 3.05) is 18.4 Å². The fraction of sp³-hybridized carbons (Fsp3) is 0.529. The van der Waals surface area contributed by atoms with E-state index in [1.165, 1.54) is 0 Å². The summed E-state index contributed by atoms with van der Waals surface area (Å²) in [4.78, 5) is 15.9. The molecule has 0 aliphatic heterocycles. The fourth-order valence-corrected chi connectivity index (χ4v) is 2.03. The summed E-state index contributed by atoms with van der Waals surface area (Å²) in [5.41, 5.74) is 1.53. The van der Waals surface area contributed by atoms with Gasteiger partial charge in [0.2, 0.25) is 5.91 Å². The lowest BCUT2D eigenvalue weighted by molar-refractivity contribution is -0.132. The number of halogens is 4. The number of anilines is 1. The molecule has 0 spiro atoms. The number of rotatable bonds is 8. The van der Waals surface area contributed by atoms with E-state index in [9.17, 15) is 18.0 Å². The number of hydrogen-bond donors (Lipinski definition) is 3. The van der Waals surface area contributed by atoms with Crippen LogP contribution in [0.4, 0.5) is 18.9 Å². The quantitative estimate of drug-likeness (QED) is 0.295. The second kappa shape index (κ2) is 12.8. The van der Waals surface area contributed by atoms with E-state index >= 15 is 0 Å². The zero-order chi connectivity index (χ0) is 18.7. The van der Waals surface area contributed by atoms with E-state index in [0.29, 0.717) is 31.2 Å². The van der Waals surface area contributed by atoms with E-state index in [0.717, 1.165) is 12.0 Å². The van der Waals surface area contributed by atoms with Crippen molar-refractivity contribution in [3.8, 4) is 0 Å². The van der Waals surface area contributed by atoms with Gasteiger partial charge in [-0.2, -0.15) is 13.2 Å². The van der Waals surface area contributed by atoms with Gasteiger partial charge in [0.05, 0.1) is 13.0 Å². The van der Waals surface area contributed by atoms with Gasteiger partial charge in [-0.05, 0) is 31.0 Å². The van der Waals surface area contributed by atoms with E-state index in [4.69, 9.17) is 0 Å². The second-order valence-electron chi connectivity index (χ2n) is 5.49. The lowest BCUT2D eigenvalue weighted by Gasteiger charge is -2.12. The van der Waals surface area contributed by atoms with Gasteiger partial charge in [-0.25, -0.2) is 4.99 Å². The van der Waals surface area contributed by atoms with Gasteiger partial charge in [-0.15, -0.1) is 24.0 Å². The van der Waals surface area contributed by atoms with Crippen LogP contribution in [0, 0.1) is 0 Å². The van der Waals surface area contributed by atoms with Crippen molar-refractivity contribution < 1.29 is 18.0 Å². The minimum Gasteiger partial charge on any atom is -0.357 e. The first-order valence-electron chi connectivity index (χ1n) is 8.31. The third-order valence-corrected chi connectivity index (χ3v) is 3.15. The smallest absolute Gasteiger partial charge is 0.357 e. The van der Waals surface area contributed by atoms with Gasteiger partial charge in [0.15, 0.2) is 5.96 Å². The topological polar surface area (TPSA) is 65.5 Å². The highest BCUT2D eigenvalue weighted by Crippen LogP contribution is 2.18. The van der Waals surface area contributed by atoms with Crippen molar-refractivity contribution in [2.24, 2.45) is 4.99 Å². The number of nitrogens with zero attached hydrogens (tertiary/aromatic N) is 1. The van der Waals surface area contributed by atoms with E-state index in [1.807, 2.05) is 19.9 Å². The van der Waals surface area contributed by atoms with Crippen molar-refractivity contribution >= 4 is 41.5 Å². The molecule has 0 saturated heterocycles. The van der Waals surface area contributed by atoms with Gasteiger partial charge in [-0.1, -0.05) is 19.1 Å². The maximum Gasteiger partial charge on any atom is 0.390 e. The summed E-state index contributed by atoms with van der Waals surface area (Å²) in [6, 6.07) is 7.23. The van der Waals surface area contributed by atoms with Gasteiger partial charge < -0.3 is 16.0 Å². The van der Waals surface area contributed by atoms with Crippen LogP contribution in [0.1, 0.15) is 38.7 Å². The average molecular weight is 486 g/mol. The van der Waals surface area contributed by atoms with Crippen molar-refractivity contribution in [2.45, 2.75) is 45.8 Å². The Morgan fingerprint density at radius 2 is 1.92 bits per heavy atom. The molecule has 26 heavy (non-hydrogen) atoms. The highest BCUT2D eigenvalue weighted by molar-refractivity contribution is 14.0. The van der Waals surface area contributed by atoms with Crippen LogP contribution in [0.15, 0.2) is 29.3 Å². The molecule has 148 valence electrons. The second-order valence-corrected chi connectivity index (χ2v) is 5.49. The zero-order valence-corrected chi connectivity index (χ0v) is 17.3. The molecule has 0 bridgehead atoms. The number of carbonyl (C=O) groups excluding carboxylic acids is 1. The fourth-order valence-electron chi connectivity index (χ4n) is 2.03. The zero-order valence-electron chi connectivity index (χ0n) is 14.9. The Hall–Kier alpha value is -1.52. The molecule has 5 nitrogen and oxygen atoms in total. The number of amides is 1. The molecule has 0 radical (unpaired) electrons. The SMILES string of the molecule is CCCC(=O)Nc1cccc(CN=C(NCC)NCCC(F)(F)F)c1.I. The van der Waals surface area contributed by atoms with Crippen LogP contribution in [0.2, 0.25) is 0 Å². The summed E-state index contributed by atoms with van der Waals surface area (Å²) in [6.45, 7) is 4.37. The number of alkyl halides is 3. The van der Waals surface area contributed by atoms with E-state index in [2.05, 4.69) is 20.9 Å². The van der Waals surface area contributed by atoms with Crippen LogP contribution in [0.25, 0.3) is 0 Å². The van der Waals surface area contributed by atoms with Crippen LogP contribution >= 0.6 is 24.0 Å². The minimum atomic E-state index is -4.20. The van der Waals surface area contributed by atoms with Gasteiger partial charge >= 0.3 is 6.18 Å². The first-order valence-corrected chi connectivity index (χ1v) is 8.31. The number of benzene rings is 1. The first-order chi connectivity index (χ1) is 11.8. The molecule has 1 amide bonds. The molecule has 1 aromatic carbocycles. The molecule has 0 saturated carbocycles. The lowest BCUT2D eigenvalue weighted by Crippen LogP contribution is -2.38. The van der Waals surface area contributed by atoms with Crippen LogP contribution in [0.5, 0.6) is 0 Å². The molecule has 0 heterocycles. The minimum absolute atomic E-state index is 0. The maximum absolute atomic E-state index is 12.2. The Kier molecular flexibility index (Phi) is 12.0. The molecule has 1 rings (SSSR count). The summed E-state index contributed by atoms with van der Waals surface area (Å²) >= 11 is 0. The molecule has 0 unspecified atom stereocenters. The van der Waals surface area contributed by atoms with Crippen LogP contribution in [-0.2, 0) is 11.3 Å². The highest BCUT2D eigenvalue weighted by atomic mass is 127. The molecule has 0 aliphatic carbocycles. The van der Waals surface area contributed by atoms with Crippen molar-refractivity contribution in [1.29, 1.82) is 0 Å². The van der Waals surface area contributed by atoms with Crippen LogP contribution < -0.4 is 16.0 Å². The van der Waals surface area contributed by atoms with E-state index < -0.39 is 12.6 Å². The highest BCUT2D eigenvalue weighted by Gasteiger charge is 2.26. The van der Waals surface area contributed by atoms with Gasteiger partial charge in [0.1, 0.15) is 0 Å². The molecule has 0 fully saturated rings. The standard InChI is InChI=1S/C17H25F3N4O.HI/c1-3-6-15(25)24-14-8-5-7-13(11-14)12-23-16(21-4-2)22-10-9-17(18,19)20;/h5,7-8,11H,3-4,6,9-10,12H2,1-2H3,(H,24,25)(H2,21,22,23);1H. The molecule has 0 aromatic heterocycles. The summed E-state index contributed by atoms with van der Waals surface area (Å²) in [5, 5.41) is 8.37. The number of hydrogen-bond acceptors (Lipinski definition) is 2. The van der Waals surface area contributed by atoms with Crippen molar-refractivity contribution in [1.82, 2.24) is 10.6 Å². The monoisotopic (exact) mass is 486 g/mol. The third kappa shape index (κ3) is 11.2. The largest absolute Gasteiger partial charge is 0.390 e. The van der Waals surface area contributed by atoms with Crippen molar-refractivity contribution in [3.63, 3.8) is 0 Å². The van der Waals surface area contributed by atoms with E-state index in [-0.39, 0.29) is 36.4 Å². The predicted octanol–water partition coefficient (Wildman–Crippen LogP) is 4.05. The summed E-state index contributed by atoms with van der Waals surface area (Å²) in [7, 11) is 0. The van der Waals surface area contributed by atoms with Gasteiger partial charge in [0, 0.05) is 25.2 Å². The molecule has 0 aliphatic rings. The first kappa shape index (κ1) is 24.5. The van der Waals surface area contributed by atoms with Crippen LogP contribution in [0.3, 0.4) is 0 Å². The molecular weight excluding hydrogens is 460 g/mol. The van der Waals surface area contributed by atoms with Crippen LogP contribution in [-0.4, -0.2) is 31.1 Å².